The van der Waals surface area contributed by atoms with Gasteiger partial charge in [0.1, 0.15) is 0 Å². The van der Waals surface area contributed by atoms with Crippen molar-refractivity contribution in [3.8, 4) is 0 Å². The van der Waals surface area contributed by atoms with Crippen LogP contribution in [0.2, 0.25) is 0 Å². The first-order chi connectivity index (χ1) is 8.16. The summed E-state index contributed by atoms with van der Waals surface area (Å²) in [6.45, 7) is 1.56. The molecule has 2 N–H and O–H groups in total. The standard InChI is InChI=1S/C11H14Br2N2OS/c12-8-5-7(17-10(8)13)6-15-9-3-1-2-4-14-11(9)16/h5,9,15H,1-4,6H2,(H,14,16). The molecule has 1 aliphatic rings. The number of amides is 1. The van der Waals surface area contributed by atoms with E-state index in [-0.39, 0.29) is 11.9 Å². The molecule has 1 fully saturated rings. The molecule has 94 valence electrons. The summed E-state index contributed by atoms with van der Waals surface area (Å²) in [5.74, 6) is 0.136. The highest BCUT2D eigenvalue weighted by Gasteiger charge is 2.19. The molecule has 1 amide bonds. The summed E-state index contributed by atoms with van der Waals surface area (Å²) in [6, 6.07) is 2.04. The molecule has 1 saturated heterocycles. The van der Waals surface area contributed by atoms with Crippen LogP contribution in [-0.4, -0.2) is 18.5 Å². The number of hydrogen-bond acceptors (Lipinski definition) is 3. The van der Waals surface area contributed by atoms with E-state index in [0.717, 1.165) is 40.6 Å². The summed E-state index contributed by atoms with van der Waals surface area (Å²) in [4.78, 5) is 12.9. The van der Waals surface area contributed by atoms with Gasteiger partial charge in [-0.3, -0.25) is 4.79 Å². The molecule has 0 radical (unpaired) electrons. The van der Waals surface area contributed by atoms with Gasteiger partial charge in [0.05, 0.1) is 9.83 Å². The Bertz CT molecular complexity index is 389. The molecule has 1 aliphatic heterocycles. The smallest absolute Gasteiger partial charge is 0.237 e. The van der Waals surface area contributed by atoms with Crippen LogP contribution in [0.3, 0.4) is 0 Å². The molecule has 0 aromatic carbocycles. The molecule has 1 atom stereocenters. The van der Waals surface area contributed by atoms with Crippen molar-refractivity contribution in [2.45, 2.75) is 31.8 Å². The van der Waals surface area contributed by atoms with E-state index in [4.69, 9.17) is 0 Å². The van der Waals surface area contributed by atoms with Gasteiger partial charge in [-0.2, -0.15) is 0 Å². The number of rotatable bonds is 3. The van der Waals surface area contributed by atoms with Crippen molar-refractivity contribution in [2.75, 3.05) is 6.54 Å². The van der Waals surface area contributed by atoms with Crippen LogP contribution in [0.5, 0.6) is 0 Å². The van der Waals surface area contributed by atoms with E-state index in [1.165, 1.54) is 4.88 Å². The predicted octanol–water partition coefficient (Wildman–Crippen LogP) is 3.03. The van der Waals surface area contributed by atoms with E-state index < -0.39 is 0 Å². The maximum Gasteiger partial charge on any atom is 0.237 e. The highest BCUT2D eigenvalue weighted by atomic mass is 79.9. The quantitative estimate of drug-likeness (QED) is 0.844. The van der Waals surface area contributed by atoms with Crippen molar-refractivity contribution in [1.82, 2.24) is 10.6 Å². The molecule has 2 heterocycles. The maximum absolute atomic E-state index is 11.7. The summed E-state index contributed by atoms with van der Waals surface area (Å²) in [5, 5.41) is 6.26. The van der Waals surface area contributed by atoms with Crippen molar-refractivity contribution < 1.29 is 4.79 Å². The second kappa shape index (κ2) is 6.31. The Morgan fingerprint density at radius 2 is 2.29 bits per heavy atom. The minimum atomic E-state index is -0.0443. The summed E-state index contributed by atoms with van der Waals surface area (Å²) in [7, 11) is 0. The van der Waals surface area contributed by atoms with E-state index in [1.807, 2.05) is 0 Å². The Morgan fingerprint density at radius 1 is 1.47 bits per heavy atom. The zero-order valence-electron chi connectivity index (χ0n) is 9.26. The molecular formula is C11H14Br2N2OS. The fraction of sp³-hybridized carbons (Fsp3) is 0.545. The fourth-order valence-corrected chi connectivity index (χ4v) is 3.96. The number of carbonyl (C=O) groups is 1. The van der Waals surface area contributed by atoms with Crippen molar-refractivity contribution in [3.05, 3.63) is 19.2 Å². The van der Waals surface area contributed by atoms with Crippen LogP contribution in [0.25, 0.3) is 0 Å². The van der Waals surface area contributed by atoms with Crippen molar-refractivity contribution in [1.29, 1.82) is 0 Å². The van der Waals surface area contributed by atoms with Gasteiger partial charge in [-0.25, -0.2) is 0 Å². The van der Waals surface area contributed by atoms with Gasteiger partial charge >= 0.3 is 0 Å². The lowest BCUT2D eigenvalue weighted by Gasteiger charge is -2.14. The number of hydrogen-bond donors (Lipinski definition) is 2. The number of carbonyl (C=O) groups excluding carboxylic acids is 1. The molecular weight excluding hydrogens is 368 g/mol. The summed E-state index contributed by atoms with van der Waals surface area (Å²) >= 11 is 8.62. The first-order valence-electron chi connectivity index (χ1n) is 5.61. The maximum atomic E-state index is 11.7. The van der Waals surface area contributed by atoms with E-state index >= 15 is 0 Å². The monoisotopic (exact) mass is 380 g/mol. The minimum absolute atomic E-state index is 0.0443. The van der Waals surface area contributed by atoms with Crippen LogP contribution >= 0.6 is 43.2 Å². The Hall–Kier alpha value is 0.0900. The van der Waals surface area contributed by atoms with E-state index in [1.54, 1.807) is 11.3 Å². The van der Waals surface area contributed by atoms with Gasteiger partial charge in [0.25, 0.3) is 0 Å². The average Bonchev–Trinajstić information content (AvgIpc) is 2.50. The van der Waals surface area contributed by atoms with Gasteiger partial charge in [-0.05, 0) is 57.2 Å². The van der Waals surface area contributed by atoms with Crippen LogP contribution in [0.1, 0.15) is 24.1 Å². The molecule has 1 unspecified atom stereocenters. The Morgan fingerprint density at radius 3 is 3.00 bits per heavy atom. The van der Waals surface area contributed by atoms with Gasteiger partial charge < -0.3 is 10.6 Å². The molecule has 6 heteroatoms. The lowest BCUT2D eigenvalue weighted by Crippen LogP contribution is -2.42. The second-order valence-electron chi connectivity index (χ2n) is 4.05. The van der Waals surface area contributed by atoms with E-state index in [0.29, 0.717) is 0 Å². The Labute approximate surface area is 122 Å². The van der Waals surface area contributed by atoms with Crippen LogP contribution in [0.4, 0.5) is 0 Å². The molecule has 1 aromatic heterocycles. The predicted molar refractivity (Wildman–Crippen MR) is 77.2 cm³/mol. The molecule has 0 saturated carbocycles. The third-order valence-corrected chi connectivity index (χ3v) is 6.01. The molecule has 0 spiro atoms. The molecule has 1 aromatic rings. The highest BCUT2D eigenvalue weighted by Crippen LogP contribution is 2.32. The van der Waals surface area contributed by atoms with Crippen molar-refractivity contribution >= 4 is 49.1 Å². The zero-order valence-corrected chi connectivity index (χ0v) is 13.3. The molecule has 0 bridgehead atoms. The minimum Gasteiger partial charge on any atom is -0.355 e. The van der Waals surface area contributed by atoms with E-state index in [2.05, 4.69) is 48.6 Å². The zero-order chi connectivity index (χ0) is 12.3. The van der Waals surface area contributed by atoms with E-state index in [9.17, 15) is 4.79 Å². The molecule has 17 heavy (non-hydrogen) atoms. The molecule has 2 rings (SSSR count). The number of nitrogens with one attached hydrogen (secondary N) is 2. The van der Waals surface area contributed by atoms with Gasteiger partial charge in [-0.1, -0.05) is 0 Å². The van der Waals surface area contributed by atoms with Crippen molar-refractivity contribution in [3.63, 3.8) is 0 Å². The van der Waals surface area contributed by atoms with Crippen molar-refractivity contribution in [2.24, 2.45) is 0 Å². The summed E-state index contributed by atoms with van der Waals surface area (Å²) in [6.07, 6.45) is 3.12. The molecule has 3 nitrogen and oxygen atoms in total. The number of halogens is 2. The van der Waals surface area contributed by atoms with Crippen LogP contribution < -0.4 is 10.6 Å². The largest absolute Gasteiger partial charge is 0.355 e. The Balaban J connectivity index is 1.90. The summed E-state index contributed by atoms with van der Waals surface area (Å²) < 4.78 is 2.17. The fourth-order valence-electron chi connectivity index (χ4n) is 1.84. The second-order valence-corrected chi connectivity index (χ2v) is 7.36. The van der Waals surface area contributed by atoms with Gasteiger partial charge in [0.2, 0.25) is 5.91 Å². The lowest BCUT2D eigenvalue weighted by molar-refractivity contribution is -0.122. The summed E-state index contributed by atoms with van der Waals surface area (Å²) in [5.41, 5.74) is 0. The van der Waals surface area contributed by atoms with Crippen LogP contribution in [-0.2, 0) is 11.3 Å². The molecule has 0 aliphatic carbocycles. The lowest BCUT2D eigenvalue weighted by atomic mass is 10.1. The van der Waals surface area contributed by atoms with Crippen LogP contribution in [0.15, 0.2) is 14.3 Å². The average molecular weight is 382 g/mol. The first-order valence-corrected chi connectivity index (χ1v) is 8.02. The topological polar surface area (TPSA) is 41.1 Å². The van der Waals surface area contributed by atoms with Gasteiger partial charge in [0, 0.05) is 22.4 Å². The number of thiophene rings is 1. The first kappa shape index (κ1) is 13.5. The highest BCUT2D eigenvalue weighted by molar-refractivity contribution is 9.13. The van der Waals surface area contributed by atoms with Gasteiger partial charge in [-0.15, -0.1) is 11.3 Å². The Kier molecular flexibility index (Phi) is 5.02. The third kappa shape index (κ3) is 3.77. The third-order valence-electron chi connectivity index (χ3n) is 2.75. The van der Waals surface area contributed by atoms with Crippen LogP contribution in [0, 0.1) is 0 Å². The van der Waals surface area contributed by atoms with Gasteiger partial charge in [0.15, 0.2) is 0 Å². The normalized spacial score (nSPS) is 21.1. The SMILES string of the molecule is O=C1NCCCCC1NCc1cc(Br)c(Br)s1.